The van der Waals surface area contributed by atoms with Gasteiger partial charge in [-0.1, -0.05) is 13.0 Å². The van der Waals surface area contributed by atoms with Crippen LogP contribution in [0.2, 0.25) is 0 Å². The molecular weight excluding hydrogens is 409 g/mol. The van der Waals surface area contributed by atoms with Crippen molar-refractivity contribution in [1.82, 2.24) is 4.31 Å². The molecule has 0 aliphatic carbocycles. The molecule has 10 heteroatoms. The van der Waals surface area contributed by atoms with Crippen LogP contribution < -0.4 is 5.32 Å². The minimum absolute atomic E-state index is 0.0262. The van der Waals surface area contributed by atoms with E-state index < -0.39 is 39.8 Å². The zero-order chi connectivity index (χ0) is 21.8. The second-order valence-corrected chi connectivity index (χ2v) is 8.15. The number of alkyl halides is 2. The second kappa shape index (κ2) is 9.38. The average Bonchev–Trinajstić information content (AvgIpc) is 2.69. The lowest BCUT2D eigenvalue weighted by Gasteiger charge is -2.25. The summed E-state index contributed by atoms with van der Waals surface area (Å²) in [5.41, 5.74) is -0.929. The standard InChI is InChI=1S/C19H21F3N2O4S/c1-3-24(12(2)11-25)29(27,28)15-6-4-5-13(9-15)19(26)23-14-7-8-17(20)16(10-14)18(21)22/h4-10,12,18,25H,3,11H2,1-2H3,(H,23,26). The number of hydrogen-bond donors (Lipinski definition) is 2. The van der Waals surface area contributed by atoms with E-state index >= 15 is 0 Å². The van der Waals surface area contributed by atoms with Gasteiger partial charge in [-0.05, 0) is 43.3 Å². The van der Waals surface area contributed by atoms with Gasteiger partial charge >= 0.3 is 0 Å². The van der Waals surface area contributed by atoms with Crippen molar-refractivity contribution in [2.45, 2.75) is 31.2 Å². The number of carbonyl (C=O) groups is 1. The Bertz CT molecular complexity index is 983. The predicted octanol–water partition coefficient (Wildman–Crippen LogP) is 3.41. The lowest BCUT2D eigenvalue weighted by Crippen LogP contribution is -2.40. The van der Waals surface area contributed by atoms with Gasteiger partial charge in [0.2, 0.25) is 10.0 Å². The molecule has 29 heavy (non-hydrogen) atoms. The van der Waals surface area contributed by atoms with Crippen molar-refractivity contribution in [1.29, 1.82) is 0 Å². The number of anilines is 1. The maximum atomic E-state index is 13.4. The fourth-order valence-corrected chi connectivity index (χ4v) is 4.41. The van der Waals surface area contributed by atoms with Gasteiger partial charge < -0.3 is 10.4 Å². The third-order valence-corrected chi connectivity index (χ3v) is 6.34. The number of nitrogens with one attached hydrogen (secondary N) is 1. The highest BCUT2D eigenvalue weighted by atomic mass is 32.2. The lowest BCUT2D eigenvalue weighted by atomic mass is 10.1. The highest BCUT2D eigenvalue weighted by Crippen LogP contribution is 2.26. The van der Waals surface area contributed by atoms with Crippen LogP contribution in [0.1, 0.15) is 36.2 Å². The van der Waals surface area contributed by atoms with Gasteiger partial charge in [-0.3, -0.25) is 4.79 Å². The van der Waals surface area contributed by atoms with E-state index in [2.05, 4.69) is 5.32 Å². The fraction of sp³-hybridized carbons (Fsp3) is 0.316. The summed E-state index contributed by atoms with van der Waals surface area (Å²) in [5, 5.41) is 11.6. The van der Waals surface area contributed by atoms with Crippen molar-refractivity contribution in [3.63, 3.8) is 0 Å². The first-order chi connectivity index (χ1) is 13.6. The fourth-order valence-electron chi connectivity index (χ4n) is 2.73. The number of hydrogen-bond acceptors (Lipinski definition) is 4. The molecule has 0 saturated heterocycles. The first-order valence-corrected chi connectivity index (χ1v) is 10.2. The van der Waals surface area contributed by atoms with Crippen molar-refractivity contribution in [3.05, 3.63) is 59.4 Å². The van der Waals surface area contributed by atoms with Crippen molar-refractivity contribution in [2.24, 2.45) is 0 Å². The van der Waals surface area contributed by atoms with Gasteiger partial charge in [0.05, 0.1) is 17.1 Å². The SMILES string of the molecule is CCN(C(C)CO)S(=O)(=O)c1cccc(C(=O)Nc2ccc(F)c(C(F)F)c2)c1. The summed E-state index contributed by atoms with van der Waals surface area (Å²) in [4.78, 5) is 12.3. The minimum Gasteiger partial charge on any atom is -0.395 e. The van der Waals surface area contributed by atoms with Gasteiger partial charge in [-0.2, -0.15) is 4.31 Å². The van der Waals surface area contributed by atoms with E-state index in [0.29, 0.717) is 0 Å². The number of likely N-dealkylation sites (N-methyl/N-ethyl adjacent to an activating group) is 1. The Morgan fingerprint density at radius 1 is 1.21 bits per heavy atom. The number of aliphatic hydroxyl groups excluding tert-OH is 1. The van der Waals surface area contributed by atoms with Crippen LogP contribution in [0, 0.1) is 5.82 Å². The Hall–Kier alpha value is -2.43. The largest absolute Gasteiger partial charge is 0.395 e. The second-order valence-electron chi connectivity index (χ2n) is 6.26. The van der Waals surface area contributed by atoms with E-state index in [0.717, 1.165) is 28.6 Å². The molecule has 0 radical (unpaired) electrons. The van der Waals surface area contributed by atoms with Gasteiger partial charge in [-0.25, -0.2) is 21.6 Å². The summed E-state index contributed by atoms with van der Waals surface area (Å²) in [7, 11) is -3.97. The predicted molar refractivity (Wildman–Crippen MR) is 102 cm³/mol. The molecule has 0 heterocycles. The van der Waals surface area contributed by atoms with Crippen LogP contribution in [0.3, 0.4) is 0 Å². The Morgan fingerprint density at radius 2 is 1.90 bits per heavy atom. The number of carbonyl (C=O) groups excluding carboxylic acids is 1. The third kappa shape index (κ3) is 5.14. The van der Waals surface area contributed by atoms with Crippen LogP contribution in [0.15, 0.2) is 47.4 Å². The normalized spacial score (nSPS) is 13.0. The molecule has 6 nitrogen and oxygen atoms in total. The molecule has 0 saturated carbocycles. The summed E-state index contributed by atoms with van der Waals surface area (Å²) >= 11 is 0. The van der Waals surface area contributed by atoms with Crippen LogP contribution in [0.25, 0.3) is 0 Å². The maximum absolute atomic E-state index is 13.4. The molecule has 1 amide bonds. The number of rotatable bonds is 8. The van der Waals surface area contributed by atoms with Gasteiger partial charge in [0.1, 0.15) is 5.82 Å². The van der Waals surface area contributed by atoms with E-state index in [-0.39, 0.29) is 29.3 Å². The average molecular weight is 430 g/mol. The van der Waals surface area contributed by atoms with Crippen LogP contribution in [0.4, 0.5) is 18.9 Å². The quantitative estimate of drug-likeness (QED) is 0.672. The zero-order valence-corrected chi connectivity index (χ0v) is 16.6. The molecule has 1 unspecified atom stereocenters. The Kier molecular flexibility index (Phi) is 7.39. The van der Waals surface area contributed by atoms with Crippen molar-refractivity contribution in [2.75, 3.05) is 18.5 Å². The summed E-state index contributed by atoms with van der Waals surface area (Å²) in [6, 6.07) is 7.29. The molecule has 0 fully saturated rings. The molecule has 2 aromatic rings. The Labute approximate surface area is 167 Å². The first kappa shape index (κ1) is 22.9. The number of halogens is 3. The van der Waals surface area contributed by atoms with E-state index in [1.807, 2.05) is 0 Å². The van der Waals surface area contributed by atoms with E-state index in [1.54, 1.807) is 13.8 Å². The molecule has 0 spiro atoms. The van der Waals surface area contributed by atoms with E-state index in [9.17, 15) is 31.5 Å². The molecule has 0 bridgehead atoms. The molecule has 0 aliphatic rings. The number of amides is 1. The smallest absolute Gasteiger partial charge is 0.266 e. The summed E-state index contributed by atoms with van der Waals surface area (Å²) in [5.74, 6) is -1.84. The van der Waals surface area contributed by atoms with Gasteiger partial charge in [-0.15, -0.1) is 0 Å². The summed E-state index contributed by atoms with van der Waals surface area (Å²) in [6.45, 7) is 2.92. The number of benzene rings is 2. The molecular formula is C19H21F3N2O4S. The van der Waals surface area contributed by atoms with Crippen LogP contribution in [-0.2, 0) is 10.0 Å². The van der Waals surface area contributed by atoms with E-state index in [1.165, 1.54) is 18.2 Å². The van der Waals surface area contributed by atoms with Gasteiger partial charge in [0.25, 0.3) is 12.3 Å². The van der Waals surface area contributed by atoms with Gasteiger partial charge in [0, 0.05) is 23.8 Å². The summed E-state index contributed by atoms with van der Waals surface area (Å²) < 4.78 is 65.7. The monoisotopic (exact) mass is 430 g/mol. The molecule has 158 valence electrons. The molecule has 0 aliphatic heterocycles. The topological polar surface area (TPSA) is 86.7 Å². The Balaban J connectivity index is 2.31. The number of aliphatic hydroxyl groups is 1. The number of nitrogens with zero attached hydrogens (tertiary/aromatic N) is 1. The number of sulfonamides is 1. The maximum Gasteiger partial charge on any atom is 0.266 e. The third-order valence-electron chi connectivity index (χ3n) is 4.26. The van der Waals surface area contributed by atoms with Crippen LogP contribution in [-0.4, -0.2) is 42.9 Å². The summed E-state index contributed by atoms with van der Waals surface area (Å²) in [6.07, 6.45) is -3.05. The Morgan fingerprint density at radius 3 is 2.48 bits per heavy atom. The van der Waals surface area contributed by atoms with Crippen molar-refractivity contribution >= 4 is 21.6 Å². The highest BCUT2D eigenvalue weighted by molar-refractivity contribution is 7.89. The molecule has 2 rings (SSSR count). The molecule has 2 aromatic carbocycles. The minimum atomic E-state index is -3.97. The van der Waals surface area contributed by atoms with Crippen molar-refractivity contribution in [3.8, 4) is 0 Å². The first-order valence-electron chi connectivity index (χ1n) is 8.73. The highest BCUT2D eigenvalue weighted by Gasteiger charge is 2.28. The lowest BCUT2D eigenvalue weighted by molar-refractivity contribution is 0.102. The van der Waals surface area contributed by atoms with Crippen LogP contribution in [0.5, 0.6) is 0 Å². The van der Waals surface area contributed by atoms with Crippen molar-refractivity contribution < 1.29 is 31.5 Å². The van der Waals surface area contributed by atoms with Gasteiger partial charge in [0.15, 0.2) is 0 Å². The zero-order valence-electron chi connectivity index (χ0n) is 15.8. The van der Waals surface area contributed by atoms with E-state index in [4.69, 9.17) is 0 Å². The molecule has 0 aromatic heterocycles. The molecule has 1 atom stereocenters. The molecule has 2 N–H and O–H groups in total. The van der Waals surface area contributed by atoms with Crippen LogP contribution >= 0.6 is 0 Å².